The maximum Gasteiger partial charge on any atom is 0.125 e. The van der Waals surface area contributed by atoms with Crippen LogP contribution in [0.3, 0.4) is 0 Å². The van der Waals surface area contributed by atoms with E-state index in [9.17, 15) is 4.39 Å². The summed E-state index contributed by atoms with van der Waals surface area (Å²) in [6.45, 7) is 3.63. The Hall–Kier alpha value is -1.38. The van der Waals surface area contributed by atoms with Gasteiger partial charge in [-0.25, -0.2) is 4.39 Å². The minimum absolute atomic E-state index is 0.291. The number of benzene rings is 2. The number of halogens is 2. The van der Waals surface area contributed by atoms with E-state index in [0.717, 1.165) is 12.1 Å². The molecule has 1 nitrogen and oxygen atoms in total. The fourth-order valence-electron chi connectivity index (χ4n) is 2.05. The zero-order valence-corrected chi connectivity index (χ0v) is 11.6. The van der Waals surface area contributed by atoms with Gasteiger partial charge in [-0.15, -0.1) is 0 Å². The number of hydrogen-bond donors (Lipinski definition) is 1. The van der Waals surface area contributed by atoms with Crippen LogP contribution in [0.2, 0.25) is 5.02 Å². The normalized spacial score (nSPS) is 12.4. The lowest BCUT2D eigenvalue weighted by molar-refractivity contribution is 0.603. The Kier molecular flexibility index (Phi) is 4.94. The van der Waals surface area contributed by atoms with Crippen molar-refractivity contribution in [3.05, 3.63) is 70.5 Å². The summed E-state index contributed by atoms with van der Waals surface area (Å²) in [4.78, 5) is 0. The average Bonchev–Trinajstić information content (AvgIpc) is 2.38. The molecule has 100 valence electrons. The van der Waals surface area contributed by atoms with E-state index in [0.29, 0.717) is 17.5 Å². The summed E-state index contributed by atoms with van der Waals surface area (Å²) in [6.07, 6.45) is 0. The van der Waals surface area contributed by atoms with E-state index in [1.54, 1.807) is 6.07 Å². The smallest absolute Gasteiger partial charge is 0.125 e. The molecular weight excluding hydrogens is 261 g/mol. The third-order valence-electron chi connectivity index (χ3n) is 3.07. The van der Waals surface area contributed by atoms with Crippen LogP contribution in [0.4, 0.5) is 4.39 Å². The van der Waals surface area contributed by atoms with Crippen molar-refractivity contribution in [2.75, 3.05) is 6.54 Å². The van der Waals surface area contributed by atoms with Gasteiger partial charge in [0.25, 0.3) is 0 Å². The summed E-state index contributed by atoms with van der Waals surface area (Å²) in [5, 5.41) is 3.77. The molecule has 2 aromatic carbocycles. The minimum atomic E-state index is -0.291. The highest BCUT2D eigenvalue weighted by Crippen LogP contribution is 2.15. The van der Waals surface area contributed by atoms with Crippen LogP contribution in [0, 0.1) is 5.82 Å². The second-order valence-corrected chi connectivity index (χ2v) is 5.16. The molecule has 0 saturated carbocycles. The maximum absolute atomic E-state index is 13.2. The molecule has 0 radical (unpaired) electrons. The Morgan fingerprint density at radius 2 is 1.89 bits per heavy atom. The van der Waals surface area contributed by atoms with Crippen molar-refractivity contribution in [3.8, 4) is 0 Å². The highest BCUT2D eigenvalue weighted by Gasteiger charge is 2.05. The Labute approximate surface area is 118 Å². The number of hydrogen-bond acceptors (Lipinski definition) is 1. The monoisotopic (exact) mass is 277 g/mol. The standard InChI is InChI=1S/C16H17ClFN/c1-12(14-5-3-2-4-6-14)10-19-11-13-7-15(17)9-16(18)8-13/h2-9,12,19H,10-11H2,1H3. The van der Waals surface area contributed by atoms with Gasteiger partial charge in [0.15, 0.2) is 0 Å². The van der Waals surface area contributed by atoms with Crippen LogP contribution in [0.5, 0.6) is 0 Å². The van der Waals surface area contributed by atoms with E-state index in [-0.39, 0.29) is 5.82 Å². The molecule has 0 aliphatic heterocycles. The predicted octanol–water partition coefficient (Wildman–Crippen LogP) is 4.37. The van der Waals surface area contributed by atoms with Crippen LogP contribution in [0.15, 0.2) is 48.5 Å². The Morgan fingerprint density at radius 3 is 2.58 bits per heavy atom. The summed E-state index contributed by atoms with van der Waals surface area (Å²) >= 11 is 5.82. The van der Waals surface area contributed by atoms with Gasteiger partial charge in [-0.3, -0.25) is 0 Å². The van der Waals surface area contributed by atoms with Gasteiger partial charge in [-0.05, 0) is 35.2 Å². The third kappa shape index (κ3) is 4.34. The van der Waals surface area contributed by atoms with Crippen molar-refractivity contribution in [2.45, 2.75) is 19.4 Å². The molecule has 19 heavy (non-hydrogen) atoms. The first-order valence-electron chi connectivity index (χ1n) is 6.36. The van der Waals surface area contributed by atoms with Crippen molar-refractivity contribution in [3.63, 3.8) is 0 Å². The predicted molar refractivity (Wildman–Crippen MR) is 78.0 cm³/mol. The lowest BCUT2D eigenvalue weighted by Crippen LogP contribution is -2.19. The minimum Gasteiger partial charge on any atom is -0.312 e. The first-order chi connectivity index (χ1) is 9.15. The molecule has 0 bridgehead atoms. The van der Waals surface area contributed by atoms with Gasteiger partial charge in [0.1, 0.15) is 5.82 Å². The molecule has 0 heterocycles. The van der Waals surface area contributed by atoms with E-state index in [2.05, 4.69) is 24.4 Å². The van der Waals surface area contributed by atoms with Crippen molar-refractivity contribution < 1.29 is 4.39 Å². The molecule has 0 fully saturated rings. The SMILES string of the molecule is CC(CNCc1cc(F)cc(Cl)c1)c1ccccc1. The van der Waals surface area contributed by atoms with Gasteiger partial charge in [0.05, 0.1) is 0 Å². The van der Waals surface area contributed by atoms with E-state index in [1.807, 2.05) is 18.2 Å². The van der Waals surface area contributed by atoms with Crippen LogP contribution in [0.25, 0.3) is 0 Å². The second kappa shape index (κ2) is 6.69. The topological polar surface area (TPSA) is 12.0 Å². The zero-order valence-electron chi connectivity index (χ0n) is 10.9. The molecule has 0 aliphatic carbocycles. The van der Waals surface area contributed by atoms with E-state index >= 15 is 0 Å². The molecule has 3 heteroatoms. The number of rotatable bonds is 5. The first kappa shape index (κ1) is 14.0. The fourth-order valence-corrected chi connectivity index (χ4v) is 2.29. The summed E-state index contributed by atoms with van der Waals surface area (Å²) < 4.78 is 13.2. The Morgan fingerprint density at radius 1 is 1.16 bits per heavy atom. The second-order valence-electron chi connectivity index (χ2n) is 4.72. The lowest BCUT2D eigenvalue weighted by Gasteiger charge is -2.13. The van der Waals surface area contributed by atoms with E-state index in [1.165, 1.54) is 17.7 Å². The summed E-state index contributed by atoms with van der Waals surface area (Å²) in [7, 11) is 0. The molecule has 2 aromatic rings. The zero-order chi connectivity index (χ0) is 13.7. The van der Waals surface area contributed by atoms with Gasteiger partial charge in [-0.1, -0.05) is 48.9 Å². The molecular formula is C16H17ClFN. The first-order valence-corrected chi connectivity index (χ1v) is 6.73. The largest absolute Gasteiger partial charge is 0.312 e. The van der Waals surface area contributed by atoms with Crippen molar-refractivity contribution in [2.24, 2.45) is 0 Å². The highest BCUT2D eigenvalue weighted by atomic mass is 35.5. The maximum atomic E-state index is 13.2. The molecule has 0 spiro atoms. The van der Waals surface area contributed by atoms with Gasteiger partial charge in [0.2, 0.25) is 0 Å². The van der Waals surface area contributed by atoms with Crippen LogP contribution in [-0.4, -0.2) is 6.54 Å². The summed E-state index contributed by atoms with van der Waals surface area (Å²) in [5.74, 6) is 0.130. The molecule has 0 amide bonds. The van der Waals surface area contributed by atoms with Gasteiger partial charge < -0.3 is 5.32 Å². The molecule has 0 aromatic heterocycles. The lowest BCUT2D eigenvalue weighted by atomic mass is 10.0. The van der Waals surface area contributed by atoms with Crippen molar-refractivity contribution in [1.29, 1.82) is 0 Å². The van der Waals surface area contributed by atoms with Crippen molar-refractivity contribution >= 4 is 11.6 Å². The fraction of sp³-hybridized carbons (Fsp3) is 0.250. The highest BCUT2D eigenvalue weighted by molar-refractivity contribution is 6.30. The average molecular weight is 278 g/mol. The van der Waals surface area contributed by atoms with Crippen LogP contribution in [-0.2, 0) is 6.54 Å². The van der Waals surface area contributed by atoms with Crippen LogP contribution in [0.1, 0.15) is 24.0 Å². The molecule has 0 saturated heterocycles. The molecule has 1 unspecified atom stereocenters. The van der Waals surface area contributed by atoms with E-state index < -0.39 is 0 Å². The van der Waals surface area contributed by atoms with E-state index in [4.69, 9.17) is 11.6 Å². The molecule has 1 N–H and O–H groups in total. The van der Waals surface area contributed by atoms with Gasteiger partial charge >= 0.3 is 0 Å². The summed E-state index contributed by atoms with van der Waals surface area (Å²) in [6, 6.07) is 14.9. The number of nitrogens with one attached hydrogen (secondary N) is 1. The van der Waals surface area contributed by atoms with Crippen LogP contribution < -0.4 is 5.32 Å². The summed E-state index contributed by atoms with van der Waals surface area (Å²) in [5.41, 5.74) is 2.16. The third-order valence-corrected chi connectivity index (χ3v) is 3.29. The molecule has 1 atom stereocenters. The van der Waals surface area contributed by atoms with Crippen LogP contribution >= 0.6 is 11.6 Å². The quantitative estimate of drug-likeness (QED) is 0.856. The Bertz CT molecular complexity index is 507. The Balaban J connectivity index is 1.86. The molecule has 2 rings (SSSR count). The van der Waals surface area contributed by atoms with Gasteiger partial charge in [0, 0.05) is 18.1 Å². The van der Waals surface area contributed by atoms with Crippen molar-refractivity contribution in [1.82, 2.24) is 5.32 Å². The van der Waals surface area contributed by atoms with Gasteiger partial charge in [-0.2, -0.15) is 0 Å². The molecule has 0 aliphatic rings.